The number of rotatable bonds is 6. The first kappa shape index (κ1) is 19.0. The van der Waals surface area contributed by atoms with Gasteiger partial charge >= 0.3 is 11.9 Å². The van der Waals surface area contributed by atoms with Crippen molar-refractivity contribution in [2.75, 3.05) is 13.2 Å². The molecule has 5 heteroatoms. The molecule has 5 atom stereocenters. The van der Waals surface area contributed by atoms with Gasteiger partial charge in [0.25, 0.3) is 0 Å². The second-order valence-electron chi connectivity index (χ2n) is 9.61. The van der Waals surface area contributed by atoms with Gasteiger partial charge in [-0.2, -0.15) is 0 Å². The molecule has 4 saturated carbocycles. The monoisotopic (exact) mass is 376 g/mol. The van der Waals surface area contributed by atoms with E-state index in [2.05, 4.69) is 13.5 Å². The highest BCUT2D eigenvalue weighted by Crippen LogP contribution is 2.66. The predicted molar refractivity (Wildman–Crippen MR) is 100.0 cm³/mol. The van der Waals surface area contributed by atoms with Crippen LogP contribution in [0.5, 0.6) is 0 Å². The van der Waals surface area contributed by atoms with E-state index in [1.807, 2.05) is 0 Å². The maximum absolute atomic E-state index is 13.3. The summed E-state index contributed by atoms with van der Waals surface area (Å²) in [4.78, 5) is 24.6. The van der Waals surface area contributed by atoms with Crippen molar-refractivity contribution in [2.24, 2.45) is 35.0 Å². The topological polar surface area (TPSA) is 72.8 Å². The summed E-state index contributed by atoms with van der Waals surface area (Å²) in [6.07, 6.45) is 7.77. The van der Waals surface area contributed by atoms with Crippen LogP contribution >= 0.6 is 0 Å². The first-order valence-corrected chi connectivity index (χ1v) is 10.6. The number of esters is 1. The van der Waals surface area contributed by atoms with E-state index in [-0.39, 0.29) is 34.9 Å². The first-order valence-electron chi connectivity index (χ1n) is 10.6. The summed E-state index contributed by atoms with van der Waals surface area (Å²) in [6, 6.07) is 0. The number of ether oxygens (including phenoxy) is 2. The van der Waals surface area contributed by atoms with Crippen molar-refractivity contribution in [3.05, 3.63) is 12.2 Å². The molecule has 1 N–H and O–H groups in total. The summed E-state index contributed by atoms with van der Waals surface area (Å²) in [5.41, 5.74) is 0.130. The van der Waals surface area contributed by atoms with Crippen molar-refractivity contribution in [2.45, 2.75) is 64.4 Å². The molecule has 0 aromatic heterocycles. The van der Waals surface area contributed by atoms with E-state index in [1.165, 1.54) is 6.42 Å². The predicted octanol–water partition coefficient (Wildman–Crippen LogP) is 3.82. The lowest BCUT2D eigenvalue weighted by molar-refractivity contribution is -0.193. The van der Waals surface area contributed by atoms with Crippen molar-refractivity contribution in [1.82, 2.24) is 0 Å². The van der Waals surface area contributed by atoms with Crippen LogP contribution in [0.25, 0.3) is 0 Å². The summed E-state index contributed by atoms with van der Waals surface area (Å²) in [7, 11) is 0. The Kier molecular flexibility index (Phi) is 5.08. The van der Waals surface area contributed by atoms with Gasteiger partial charge in [-0.1, -0.05) is 13.5 Å². The molecular formula is C22H32O5. The van der Waals surface area contributed by atoms with Crippen molar-refractivity contribution in [1.29, 1.82) is 0 Å². The fraction of sp³-hybridized carbons (Fsp3) is 0.818. The van der Waals surface area contributed by atoms with E-state index in [0.29, 0.717) is 30.8 Å². The molecule has 150 valence electrons. The van der Waals surface area contributed by atoms with Crippen molar-refractivity contribution >= 4 is 11.9 Å². The summed E-state index contributed by atoms with van der Waals surface area (Å²) >= 11 is 0. The van der Waals surface area contributed by atoms with E-state index >= 15 is 0 Å². The third kappa shape index (κ3) is 3.43. The van der Waals surface area contributed by atoms with Gasteiger partial charge in [-0.05, 0) is 80.5 Å². The average molecular weight is 376 g/mol. The minimum Gasteiger partial charge on any atom is -0.478 e. The molecule has 27 heavy (non-hydrogen) atoms. The molecule has 1 aliphatic heterocycles. The smallest absolute Gasteiger partial charge is 0.330 e. The van der Waals surface area contributed by atoms with Gasteiger partial charge in [-0.3, -0.25) is 4.79 Å². The standard InChI is InChI=1S/C22H32O5/c1-13(20(23)24)6-14(2)22-10-15-7-16(11-22)9-17(8-15)19(22)21(25)27-18-4-3-5-26-12-18/h14-19H,1,3-12H2,2H3,(H,23,24). The second-order valence-corrected chi connectivity index (χ2v) is 9.61. The second kappa shape index (κ2) is 7.23. The molecule has 0 amide bonds. The molecule has 4 bridgehead atoms. The summed E-state index contributed by atoms with van der Waals surface area (Å²) in [6.45, 7) is 7.14. The van der Waals surface area contributed by atoms with Gasteiger partial charge in [-0.15, -0.1) is 0 Å². The first-order chi connectivity index (χ1) is 12.9. The normalized spacial score (nSPS) is 41.1. The number of hydrogen-bond donors (Lipinski definition) is 1. The molecule has 5 fully saturated rings. The molecule has 4 aliphatic carbocycles. The van der Waals surface area contributed by atoms with Crippen LogP contribution < -0.4 is 0 Å². The minimum atomic E-state index is -0.926. The van der Waals surface area contributed by atoms with E-state index in [1.54, 1.807) is 0 Å². The number of hydrogen-bond acceptors (Lipinski definition) is 4. The van der Waals surface area contributed by atoms with Crippen LogP contribution in [-0.4, -0.2) is 36.4 Å². The number of carboxylic acids is 1. The molecule has 5 unspecified atom stereocenters. The minimum absolute atomic E-state index is 0.0536. The third-order valence-corrected chi connectivity index (χ3v) is 7.86. The van der Waals surface area contributed by atoms with Gasteiger partial charge in [-0.25, -0.2) is 4.79 Å². The highest BCUT2D eigenvalue weighted by atomic mass is 16.6. The van der Waals surface area contributed by atoms with E-state index in [9.17, 15) is 14.7 Å². The summed E-state index contributed by atoms with van der Waals surface area (Å²) in [5.74, 6) is 0.828. The van der Waals surface area contributed by atoms with Gasteiger partial charge in [0, 0.05) is 12.2 Å². The SMILES string of the molecule is C=C(CC(C)C12CC3CC(CC(C3)C1C(=O)OC1CCCOC1)C2)C(=O)O. The summed E-state index contributed by atoms with van der Waals surface area (Å²) in [5, 5.41) is 9.30. The molecule has 0 aromatic carbocycles. The van der Waals surface area contributed by atoms with E-state index in [4.69, 9.17) is 9.47 Å². The highest BCUT2D eigenvalue weighted by molar-refractivity contribution is 5.85. The van der Waals surface area contributed by atoms with Gasteiger partial charge in [0.15, 0.2) is 0 Å². The molecule has 5 nitrogen and oxygen atoms in total. The number of carboxylic acid groups (broad SMARTS) is 1. The molecule has 1 saturated heterocycles. The lowest BCUT2D eigenvalue weighted by Crippen LogP contribution is -2.58. The average Bonchev–Trinajstić information content (AvgIpc) is 2.61. The van der Waals surface area contributed by atoms with E-state index < -0.39 is 5.97 Å². The number of carbonyl (C=O) groups is 2. The molecule has 0 radical (unpaired) electrons. The maximum atomic E-state index is 13.3. The van der Waals surface area contributed by atoms with Crippen LogP contribution in [0.15, 0.2) is 12.2 Å². The molecular weight excluding hydrogens is 344 g/mol. The van der Waals surface area contributed by atoms with Crippen LogP contribution in [0, 0.1) is 35.0 Å². The zero-order chi connectivity index (χ0) is 19.2. The van der Waals surface area contributed by atoms with Gasteiger partial charge < -0.3 is 14.6 Å². The largest absolute Gasteiger partial charge is 0.478 e. The quantitative estimate of drug-likeness (QED) is 0.564. The van der Waals surface area contributed by atoms with Crippen molar-refractivity contribution < 1.29 is 24.2 Å². The van der Waals surface area contributed by atoms with Gasteiger partial charge in [0.05, 0.1) is 12.5 Å². The summed E-state index contributed by atoms with van der Waals surface area (Å²) < 4.78 is 11.4. The van der Waals surface area contributed by atoms with E-state index in [0.717, 1.165) is 45.1 Å². The Balaban J connectivity index is 1.56. The van der Waals surface area contributed by atoms with Crippen molar-refractivity contribution in [3.63, 3.8) is 0 Å². The van der Waals surface area contributed by atoms with Crippen LogP contribution in [0.2, 0.25) is 0 Å². The Morgan fingerprint density at radius 1 is 1.26 bits per heavy atom. The lowest BCUT2D eigenvalue weighted by atomic mass is 9.42. The highest BCUT2D eigenvalue weighted by Gasteiger charge is 2.61. The molecule has 0 aromatic rings. The molecule has 5 aliphatic rings. The maximum Gasteiger partial charge on any atom is 0.330 e. The fourth-order valence-electron chi connectivity index (χ4n) is 6.94. The molecule has 1 heterocycles. The van der Waals surface area contributed by atoms with Crippen LogP contribution in [0.4, 0.5) is 0 Å². The lowest BCUT2D eigenvalue weighted by Gasteiger charge is -2.62. The molecule has 5 rings (SSSR count). The Hall–Kier alpha value is -1.36. The van der Waals surface area contributed by atoms with Crippen LogP contribution in [0.1, 0.15) is 58.3 Å². The Bertz CT molecular complexity index is 606. The molecule has 0 spiro atoms. The Morgan fingerprint density at radius 3 is 2.56 bits per heavy atom. The van der Waals surface area contributed by atoms with Gasteiger partial charge in [0.2, 0.25) is 0 Å². The van der Waals surface area contributed by atoms with Crippen LogP contribution in [0.3, 0.4) is 0 Å². The zero-order valence-electron chi connectivity index (χ0n) is 16.3. The Labute approximate surface area is 161 Å². The zero-order valence-corrected chi connectivity index (χ0v) is 16.3. The fourth-order valence-corrected chi connectivity index (χ4v) is 6.94. The number of aliphatic carboxylic acids is 1. The van der Waals surface area contributed by atoms with Gasteiger partial charge in [0.1, 0.15) is 6.10 Å². The Morgan fingerprint density at radius 2 is 1.96 bits per heavy atom. The van der Waals surface area contributed by atoms with Crippen molar-refractivity contribution in [3.8, 4) is 0 Å². The third-order valence-electron chi connectivity index (χ3n) is 7.86. The number of carbonyl (C=O) groups excluding carboxylic acids is 1. The van der Waals surface area contributed by atoms with Crippen LogP contribution in [-0.2, 0) is 19.1 Å².